The van der Waals surface area contributed by atoms with Crippen LogP contribution in [-0.4, -0.2) is 37.4 Å². The first-order valence-corrected chi connectivity index (χ1v) is 7.59. The average Bonchev–Trinajstić information content (AvgIpc) is 2.45. The highest BCUT2D eigenvalue weighted by Gasteiger charge is 2.29. The molecule has 6 heteroatoms. The Morgan fingerprint density at radius 2 is 1.70 bits per heavy atom. The summed E-state index contributed by atoms with van der Waals surface area (Å²) in [5.41, 5.74) is 0.700. The molecule has 1 rings (SSSR count). The first kappa shape index (κ1) is 16.4. The van der Waals surface area contributed by atoms with E-state index in [0.717, 1.165) is 4.90 Å². The molecule has 0 saturated heterocycles. The number of hydrogen-bond donors (Lipinski definition) is 1. The van der Waals surface area contributed by atoms with Gasteiger partial charge < -0.3 is 14.8 Å². The van der Waals surface area contributed by atoms with E-state index < -0.39 is 18.0 Å². The number of para-hydroxylation sites is 1. The van der Waals surface area contributed by atoms with Crippen LogP contribution in [-0.2, 0) is 19.1 Å². The minimum absolute atomic E-state index is 0.209. The zero-order chi connectivity index (χ0) is 15.0. The van der Waals surface area contributed by atoms with Gasteiger partial charge in [-0.15, -0.1) is 11.8 Å². The summed E-state index contributed by atoms with van der Waals surface area (Å²) in [4.78, 5) is 24.7. The van der Waals surface area contributed by atoms with E-state index in [9.17, 15) is 9.59 Å². The fraction of sp³-hybridized carbons (Fsp3) is 0.429. The molecule has 0 fully saturated rings. The standard InChI is InChI=1S/C14H19NO4S/c1-4-18-13(16)12(14(17)19-5-2)15-10-8-6-7-9-11(10)20-3/h6-9,12,15H,4-5H2,1-3H3. The number of rotatable bonds is 7. The maximum Gasteiger partial charge on any atom is 0.340 e. The molecule has 0 bridgehead atoms. The lowest BCUT2D eigenvalue weighted by atomic mass is 10.2. The number of ether oxygens (including phenoxy) is 2. The van der Waals surface area contributed by atoms with Crippen molar-refractivity contribution < 1.29 is 19.1 Å². The highest BCUT2D eigenvalue weighted by Crippen LogP contribution is 2.25. The van der Waals surface area contributed by atoms with Crippen LogP contribution in [0, 0.1) is 0 Å². The molecular formula is C14H19NO4S. The van der Waals surface area contributed by atoms with Crippen LogP contribution in [0.15, 0.2) is 29.2 Å². The summed E-state index contributed by atoms with van der Waals surface area (Å²) in [6.45, 7) is 3.80. The highest BCUT2D eigenvalue weighted by molar-refractivity contribution is 7.98. The molecule has 0 aliphatic heterocycles. The van der Waals surface area contributed by atoms with Gasteiger partial charge in [0, 0.05) is 10.6 Å². The molecule has 0 aliphatic carbocycles. The lowest BCUT2D eigenvalue weighted by Gasteiger charge is -2.18. The molecule has 0 radical (unpaired) electrons. The monoisotopic (exact) mass is 297 g/mol. The van der Waals surface area contributed by atoms with Gasteiger partial charge in [0.25, 0.3) is 0 Å². The maximum absolute atomic E-state index is 11.9. The first-order chi connectivity index (χ1) is 9.63. The van der Waals surface area contributed by atoms with Gasteiger partial charge in [0.05, 0.1) is 13.2 Å². The van der Waals surface area contributed by atoms with Crippen molar-refractivity contribution in [3.05, 3.63) is 24.3 Å². The Bertz CT molecular complexity index is 446. The van der Waals surface area contributed by atoms with Crippen LogP contribution in [0.25, 0.3) is 0 Å². The number of nitrogens with one attached hydrogen (secondary N) is 1. The van der Waals surface area contributed by atoms with E-state index in [1.807, 2.05) is 24.5 Å². The smallest absolute Gasteiger partial charge is 0.340 e. The van der Waals surface area contributed by atoms with E-state index in [1.54, 1.807) is 19.9 Å². The third kappa shape index (κ3) is 4.45. The molecule has 110 valence electrons. The Kier molecular flexibility index (Phi) is 6.93. The van der Waals surface area contributed by atoms with E-state index in [4.69, 9.17) is 9.47 Å². The van der Waals surface area contributed by atoms with Crippen molar-refractivity contribution in [2.45, 2.75) is 24.8 Å². The third-order valence-electron chi connectivity index (χ3n) is 2.45. The van der Waals surface area contributed by atoms with Gasteiger partial charge >= 0.3 is 11.9 Å². The summed E-state index contributed by atoms with van der Waals surface area (Å²) < 4.78 is 9.82. The summed E-state index contributed by atoms with van der Waals surface area (Å²) in [5, 5.41) is 2.90. The van der Waals surface area contributed by atoms with Crippen LogP contribution >= 0.6 is 11.8 Å². The normalized spacial score (nSPS) is 10.2. The van der Waals surface area contributed by atoms with Gasteiger partial charge in [-0.2, -0.15) is 0 Å². The van der Waals surface area contributed by atoms with Gasteiger partial charge in [-0.1, -0.05) is 12.1 Å². The van der Waals surface area contributed by atoms with Crippen molar-refractivity contribution >= 4 is 29.4 Å². The predicted octanol–water partition coefficient (Wildman–Crippen LogP) is 2.32. The molecule has 0 atom stereocenters. The first-order valence-electron chi connectivity index (χ1n) is 6.36. The van der Waals surface area contributed by atoms with Gasteiger partial charge in [-0.25, -0.2) is 9.59 Å². The molecule has 5 nitrogen and oxygen atoms in total. The Morgan fingerprint density at radius 3 is 2.20 bits per heavy atom. The summed E-state index contributed by atoms with van der Waals surface area (Å²) >= 11 is 1.52. The molecule has 0 heterocycles. The predicted molar refractivity (Wildman–Crippen MR) is 78.9 cm³/mol. The Labute approximate surface area is 123 Å². The van der Waals surface area contributed by atoms with E-state index >= 15 is 0 Å². The largest absolute Gasteiger partial charge is 0.464 e. The van der Waals surface area contributed by atoms with Crippen molar-refractivity contribution in [2.24, 2.45) is 0 Å². The van der Waals surface area contributed by atoms with Crippen LogP contribution in [0.5, 0.6) is 0 Å². The summed E-state index contributed by atoms with van der Waals surface area (Å²) in [5.74, 6) is -1.27. The van der Waals surface area contributed by atoms with Gasteiger partial charge in [0.1, 0.15) is 0 Å². The molecular weight excluding hydrogens is 278 g/mol. The molecule has 1 N–H and O–H groups in total. The second-order valence-electron chi connectivity index (χ2n) is 3.78. The van der Waals surface area contributed by atoms with E-state index in [-0.39, 0.29) is 13.2 Å². The van der Waals surface area contributed by atoms with Gasteiger partial charge in [0.2, 0.25) is 6.04 Å². The van der Waals surface area contributed by atoms with Crippen LogP contribution < -0.4 is 5.32 Å². The number of thioether (sulfide) groups is 1. The number of esters is 2. The SMILES string of the molecule is CCOC(=O)C(Nc1ccccc1SC)C(=O)OCC. The fourth-order valence-electron chi connectivity index (χ4n) is 1.58. The molecule has 1 aromatic rings. The molecule has 20 heavy (non-hydrogen) atoms. The van der Waals surface area contributed by atoms with Gasteiger partial charge in [0.15, 0.2) is 0 Å². The lowest BCUT2D eigenvalue weighted by molar-refractivity contribution is -0.155. The van der Waals surface area contributed by atoms with Gasteiger partial charge in [-0.3, -0.25) is 0 Å². The summed E-state index contributed by atoms with van der Waals surface area (Å²) in [7, 11) is 0. The van der Waals surface area contributed by atoms with Crippen LogP contribution in [0.1, 0.15) is 13.8 Å². The molecule has 0 unspecified atom stereocenters. The number of benzene rings is 1. The second kappa shape index (κ2) is 8.47. The Hall–Kier alpha value is -1.69. The minimum atomic E-state index is -1.15. The maximum atomic E-state index is 11.9. The highest BCUT2D eigenvalue weighted by atomic mass is 32.2. The minimum Gasteiger partial charge on any atom is -0.464 e. The van der Waals surface area contributed by atoms with Crippen LogP contribution in [0.4, 0.5) is 5.69 Å². The van der Waals surface area contributed by atoms with E-state index in [1.165, 1.54) is 11.8 Å². The van der Waals surface area contributed by atoms with Crippen molar-refractivity contribution in [1.29, 1.82) is 0 Å². The fourth-order valence-corrected chi connectivity index (χ4v) is 2.15. The number of carbonyl (C=O) groups is 2. The zero-order valence-corrected chi connectivity index (χ0v) is 12.7. The topological polar surface area (TPSA) is 64.6 Å². The molecule has 0 spiro atoms. The molecule has 0 saturated carbocycles. The van der Waals surface area contributed by atoms with Gasteiger partial charge in [-0.05, 0) is 32.2 Å². The zero-order valence-electron chi connectivity index (χ0n) is 11.8. The lowest BCUT2D eigenvalue weighted by Crippen LogP contribution is -2.40. The van der Waals surface area contributed by atoms with Crippen molar-refractivity contribution in [1.82, 2.24) is 0 Å². The number of hydrogen-bond acceptors (Lipinski definition) is 6. The Morgan fingerprint density at radius 1 is 1.15 bits per heavy atom. The molecule has 0 amide bonds. The molecule has 0 aliphatic rings. The average molecular weight is 297 g/mol. The number of carbonyl (C=O) groups excluding carboxylic acids is 2. The summed E-state index contributed by atoms with van der Waals surface area (Å²) in [6, 6.07) is 6.27. The van der Waals surface area contributed by atoms with Crippen molar-refractivity contribution in [3.63, 3.8) is 0 Å². The number of anilines is 1. The van der Waals surface area contributed by atoms with Crippen molar-refractivity contribution in [3.8, 4) is 0 Å². The molecule has 1 aromatic carbocycles. The quantitative estimate of drug-likeness (QED) is 0.473. The van der Waals surface area contributed by atoms with E-state index in [0.29, 0.717) is 5.69 Å². The third-order valence-corrected chi connectivity index (χ3v) is 3.25. The molecule has 0 aromatic heterocycles. The Balaban J connectivity index is 2.93. The van der Waals surface area contributed by atoms with E-state index in [2.05, 4.69) is 5.32 Å². The summed E-state index contributed by atoms with van der Waals surface area (Å²) in [6.07, 6.45) is 1.92. The van der Waals surface area contributed by atoms with Crippen molar-refractivity contribution in [2.75, 3.05) is 24.8 Å². The van der Waals surface area contributed by atoms with Crippen LogP contribution in [0.3, 0.4) is 0 Å². The second-order valence-corrected chi connectivity index (χ2v) is 4.63. The van der Waals surface area contributed by atoms with Crippen LogP contribution in [0.2, 0.25) is 0 Å².